The van der Waals surface area contributed by atoms with Crippen LogP contribution in [-0.4, -0.2) is 28.1 Å². The molecule has 0 radical (unpaired) electrons. The zero-order valence-corrected chi connectivity index (χ0v) is 12.4. The number of aromatic nitrogens is 2. The predicted molar refractivity (Wildman–Crippen MR) is 79.2 cm³/mol. The predicted octanol–water partition coefficient (Wildman–Crippen LogP) is 1.80. The molecule has 2 atom stereocenters. The van der Waals surface area contributed by atoms with E-state index in [0.717, 1.165) is 36.5 Å². The van der Waals surface area contributed by atoms with E-state index < -0.39 is 0 Å². The van der Waals surface area contributed by atoms with Gasteiger partial charge in [-0.15, -0.1) is 11.3 Å². The lowest BCUT2D eigenvalue weighted by Gasteiger charge is -2.22. The van der Waals surface area contributed by atoms with E-state index in [1.165, 1.54) is 11.3 Å². The monoisotopic (exact) mass is 293 g/mol. The Bertz CT molecular complexity index is 631. The average Bonchev–Trinajstić information content (AvgIpc) is 3.10. The molecule has 0 bridgehead atoms. The molecular formula is C14H19N3O2S. The molecule has 3 rings (SSSR count). The SMILES string of the molecule is CC[C@H](NCc1cc(=O)n2ccsc2n1)[C@H]1CCCO1. The highest BCUT2D eigenvalue weighted by Gasteiger charge is 2.24. The van der Waals surface area contributed by atoms with Gasteiger partial charge in [0.25, 0.3) is 5.56 Å². The Labute approximate surface area is 121 Å². The van der Waals surface area contributed by atoms with Gasteiger partial charge in [-0.05, 0) is 19.3 Å². The summed E-state index contributed by atoms with van der Waals surface area (Å²) in [6.07, 6.45) is 5.33. The number of nitrogens with one attached hydrogen (secondary N) is 1. The summed E-state index contributed by atoms with van der Waals surface area (Å²) in [4.78, 5) is 17.2. The number of fused-ring (bicyclic) bond motifs is 1. The lowest BCUT2D eigenvalue weighted by Crippen LogP contribution is -2.39. The normalized spacial score (nSPS) is 20.6. The lowest BCUT2D eigenvalue weighted by atomic mass is 10.1. The van der Waals surface area contributed by atoms with Gasteiger partial charge in [-0.25, -0.2) is 4.98 Å². The Balaban J connectivity index is 1.70. The second kappa shape index (κ2) is 6.03. The van der Waals surface area contributed by atoms with Crippen molar-refractivity contribution >= 4 is 16.3 Å². The number of ether oxygens (including phenoxy) is 1. The maximum Gasteiger partial charge on any atom is 0.258 e. The minimum atomic E-state index is -0.0155. The van der Waals surface area contributed by atoms with Crippen molar-refractivity contribution in [3.63, 3.8) is 0 Å². The third-order valence-electron chi connectivity index (χ3n) is 3.76. The molecule has 1 fully saturated rings. The Morgan fingerprint density at radius 3 is 3.30 bits per heavy atom. The van der Waals surface area contributed by atoms with Crippen molar-refractivity contribution in [2.75, 3.05) is 6.61 Å². The highest BCUT2D eigenvalue weighted by Crippen LogP contribution is 2.17. The first-order chi connectivity index (χ1) is 9.78. The van der Waals surface area contributed by atoms with Gasteiger partial charge in [0, 0.05) is 36.8 Å². The summed E-state index contributed by atoms with van der Waals surface area (Å²) < 4.78 is 7.30. The first kappa shape index (κ1) is 13.7. The summed E-state index contributed by atoms with van der Waals surface area (Å²) in [6.45, 7) is 3.63. The van der Waals surface area contributed by atoms with Crippen LogP contribution >= 0.6 is 11.3 Å². The molecule has 2 aromatic heterocycles. The van der Waals surface area contributed by atoms with Gasteiger partial charge in [-0.2, -0.15) is 0 Å². The van der Waals surface area contributed by atoms with Crippen molar-refractivity contribution in [3.05, 3.63) is 33.7 Å². The van der Waals surface area contributed by atoms with E-state index in [0.29, 0.717) is 18.7 Å². The maximum absolute atomic E-state index is 11.9. The standard InChI is InChI=1S/C14H19N3O2S/c1-2-11(12-4-3-6-19-12)15-9-10-8-13(18)17-5-7-20-14(17)16-10/h5,7-8,11-12,15H,2-4,6,9H2,1H3/t11-,12+/m0/s1. The molecule has 108 valence electrons. The topological polar surface area (TPSA) is 55.6 Å². The number of hydrogen-bond donors (Lipinski definition) is 1. The molecule has 0 aromatic carbocycles. The number of hydrogen-bond acceptors (Lipinski definition) is 5. The second-order valence-electron chi connectivity index (χ2n) is 5.09. The Hall–Kier alpha value is -1.24. The fraction of sp³-hybridized carbons (Fsp3) is 0.571. The van der Waals surface area contributed by atoms with Crippen LogP contribution in [-0.2, 0) is 11.3 Å². The van der Waals surface area contributed by atoms with Gasteiger partial charge in [0.15, 0.2) is 4.96 Å². The van der Waals surface area contributed by atoms with Crippen molar-refractivity contribution in [3.8, 4) is 0 Å². The van der Waals surface area contributed by atoms with Crippen LogP contribution in [0.3, 0.4) is 0 Å². The summed E-state index contributed by atoms with van der Waals surface area (Å²) in [5.74, 6) is 0. The fourth-order valence-corrected chi connectivity index (χ4v) is 3.41. The van der Waals surface area contributed by atoms with Crippen molar-refractivity contribution in [2.45, 2.75) is 44.9 Å². The highest BCUT2D eigenvalue weighted by molar-refractivity contribution is 7.15. The molecule has 5 nitrogen and oxygen atoms in total. The van der Waals surface area contributed by atoms with E-state index in [-0.39, 0.29) is 5.56 Å². The molecule has 20 heavy (non-hydrogen) atoms. The molecule has 3 heterocycles. The van der Waals surface area contributed by atoms with Gasteiger partial charge >= 0.3 is 0 Å². The van der Waals surface area contributed by atoms with Crippen LogP contribution in [0.5, 0.6) is 0 Å². The molecule has 1 saturated heterocycles. The molecule has 6 heteroatoms. The van der Waals surface area contributed by atoms with Crippen molar-refractivity contribution < 1.29 is 4.74 Å². The molecule has 0 aliphatic carbocycles. The van der Waals surface area contributed by atoms with Crippen LogP contribution in [0.4, 0.5) is 0 Å². The van der Waals surface area contributed by atoms with Crippen LogP contribution in [0.2, 0.25) is 0 Å². The molecular weight excluding hydrogens is 274 g/mol. The summed E-state index contributed by atoms with van der Waals surface area (Å²) in [5.41, 5.74) is 0.784. The minimum Gasteiger partial charge on any atom is -0.377 e. The number of nitrogens with zero attached hydrogens (tertiary/aromatic N) is 2. The maximum atomic E-state index is 11.9. The van der Waals surface area contributed by atoms with Crippen LogP contribution in [0.15, 0.2) is 22.4 Å². The molecule has 1 aliphatic rings. The summed E-state index contributed by atoms with van der Waals surface area (Å²) in [7, 11) is 0. The first-order valence-electron chi connectivity index (χ1n) is 7.08. The second-order valence-corrected chi connectivity index (χ2v) is 5.96. The van der Waals surface area contributed by atoms with Crippen molar-refractivity contribution in [2.24, 2.45) is 0 Å². The summed E-state index contributed by atoms with van der Waals surface area (Å²) >= 11 is 1.48. The minimum absolute atomic E-state index is 0.0155. The molecule has 0 spiro atoms. The molecule has 1 N–H and O–H groups in total. The van der Waals surface area contributed by atoms with Crippen molar-refractivity contribution in [1.82, 2.24) is 14.7 Å². The Kier molecular flexibility index (Phi) is 4.14. The molecule has 0 amide bonds. The third kappa shape index (κ3) is 2.77. The Morgan fingerprint density at radius 2 is 2.55 bits per heavy atom. The van der Waals surface area contributed by atoms with E-state index in [9.17, 15) is 4.79 Å². The fourth-order valence-electron chi connectivity index (χ4n) is 2.67. The van der Waals surface area contributed by atoms with E-state index in [4.69, 9.17) is 4.74 Å². The zero-order chi connectivity index (χ0) is 13.9. The third-order valence-corrected chi connectivity index (χ3v) is 4.51. The van der Waals surface area contributed by atoms with Crippen LogP contribution in [0.1, 0.15) is 31.9 Å². The van der Waals surface area contributed by atoms with Gasteiger partial charge in [-0.3, -0.25) is 9.20 Å². The van der Waals surface area contributed by atoms with Crippen LogP contribution in [0, 0.1) is 0 Å². The van der Waals surface area contributed by atoms with Crippen LogP contribution in [0.25, 0.3) is 4.96 Å². The quantitative estimate of drug-likeness (QED) is 0.913. The first-order valence-corrected chi connectivity index (χ1v) is 7.96. The summed E-state index contributed by atoms with van der Waals surface area (Å²) in [5, 5.41) is 5.36. The largest absolute Gasteiger partial charge is 0.377 e. The van der Waals surface area contributed by atoms with Gasteiger partial charge in [0.2, 0.25) is 0 Å². The van der Waals surface area contributed by atoms with Gasteiger partial charge < -0.3 is 10.1 Å². The van der Waals surface area contributed by atoms with Gasteiger partial charge in [0.1, 0.15) is 0 Å². The smallest absolute Gasteiger partial charge is 0.258 e. The number of thiazole rings is 1. The Morgan fingerprint density at radius 1 is 1.65 bits per heavy atom. The van der Waals surface area contributed by atoms with E-state index in [1.54, 1.807) is 16.7 Å². The van der Waals surface area contributed by atoms with Crippen molar-refractivity contribution in [1.29, 1.82) is 0 Å². The average molecular weight is 293 g/mol. The van der Waals surface area contributed by atoms with Crippen LogP contribution < -0.4 is 10.9 Å². The highest BCUT2D eigenvalue weighted by atomic mass is 32.1. The summed E-state index contributed by atoms with van der Waals surface area (Å²) in [6, 6.07) is 1.94. The molecule has 0 unspecified atom stereocenters. The molecule has 1 aliphatic heterocycles. The van der Waals surface area contributed by atoms with E-state index in [2.05, 4.69) is 17.2 Å². The van der Waals surface area contributed by atoms with Gasteiger partial charge in [0.05, 0.1) is 11.8 Å². The van der Waals surface area contributed by atoms with E-state index in [1.807, 2.05) is 5.38 Å². The molecule has 0 saturated carbocycles. The molecule has 2 aromatic rings. The number of rotatable bonds is 5. The van der Waals surface area contributed by atoms with Gasteiger partial charge in [-0.1, -0.05) is 6.92 Å². The van der Waals surface area contributed by atoms with E-state index >= 15 is 0 Å². The zero-order valence-electron chi connectivity index (χ0n) is 11.5. The lowest BCUT2D eigenvalue weighted by molar-refractivity contribution is 0.0763.